The normalized spacial score (nSPS) is 19.7. The number of nitrogens with one attached hydrogen (secondary N) is 2. The molecule has 1 fully saturated rings. The summed E-state index contributed by atoms with van der Waals surface area (Å²) in [5.74, 6) is 0.863. The zero-order valence-electron chi connectivity index (χ0n) is 21.6. The number of carbonyl (C=O) groups is 2. The molecule has 1 saturated heterocycles. The third-order valence-electron chi connectivity index (χ3n) is 8.21. The smallest absolute Gasteiger partial charge is 0.265 e. The molecule has 0 bridgehead atoms. The number of amides is 2. The molecule has 8 heteroatoms. The number of piperidine rings is 1. The van der Waals surface area contributed by atoms with Crippen molar-refractivity contribution in [2.75, 3.05) is 29.9 Å². The molecule has 6 rings (SSSR count). The highest BCUT2D eigenvalue weighted by molar-refractivity contribution is 6.39. The Morgan fingerprint density at radius 2 is 1.84 bits per heavy atom. The van der Waals surface area contributed by atoms with E-state index in [9.17, 15) is 9.59 Å². The molecule has 38 heavy (non-hydrogen) atoms. The van der Waals surface area contributed by atoms with Gasteiger partial charge < -0.3 is 15.5 Å². The highest BCUT2D eigenvalue weighted by Gasteiger charge is 2.48. The van der Waals surface area contributed by atoms with Crippen LogP contribution in [0.3, 0.4) is 0 Å². The third-order valence-corrected chi connectivity index (χ3v) is 8.21. The second-order valence-corrected chi connectivity index (χ2v) is 10.5. The first kappa shape index (κ1) is 24.3. The fraction of sp³-hybridized carbons (Fsp3) is 0.367. The maximum Gasteiger partial charge on any atom is 0.265 e. The molecule has 3 aliphatic heterocycles. The molecule has 2 aromatic carbocycles. The minimum Gasteiger partial charge on any atom is -0.355 e. The van der Waals surface area contributed by atoms with Crippen LogP contribution in [0.4, 0.5) is 17.2 Å². The lowest BCUT2D eigenvalue weighted by atomic mass is 9.73. The molecule has 8 nitrogen and oxygen atoms in total. The Hall–Kier alpha value is -4.07. The van der Waals surface area contributed by atoms with E-state index < -0.39 is 5.41 Å². The van der Waals surface area contributed by atoms with Crippen molar-refractivity contribution < 1.29 is 9.59 Å². The molecule has 194 valence electrons. The minimum atomic E-state index is -0.503. The van der Waals surface area contributed by atoms with Gasteiger partial charge in [-0.2, -0.15) is 0 Å². The van der Waals surface area contributed by atoms with Crippen molar-refractivity contribution in [2.24, 2.45) is 4.99 Å². The van der Waals surface area contributed by atoms with Gasteiger partial charge in [-0.15, -0.1) is 0 Å². The average molecular weight is 509 g/mol. The van der Waals surface area contributed by atoms with E-state index in [2.05, 4.69) is 50.6 Å². The lowest BCUT2D eigenvalue weighted by molar-refractivity contribution is -0.121. The lowest BCUT2D eigenvalue weighted by Gasteiger charge is -2.39. The highest BCUT2D eigenvalue weighted by atomic mass is 16.2. The van der Waals surface area contributed by atoms with Crippen molar-refractivity contribution in [3.05, 3.63) is 77.7 Å². The first-order chi connectivity index (χ1) is 18.5. The van der Waals surface area contributed by atoms with Gasteiger partial charge in [0.05, 0.1) is 11.1 Å². The van der Waals surface area contributed by atoms with Gasteiger partial charge in [0.1, 0.15) is 17.7 Å². The van der Waals surface area contributed by atoms with Crippen molar-refractivity contribution >= 4 is 34.7 Å². The van der Waals surface area contributed by atoms with Crippen LogP contribution in [-0.4, -0.2) is 47.1 Å². The fourth-order valence-electron chi connectivity index (χ4n) is 5.96. The number of hydrogen-bond acceptors (Lipinski definition) is 6. The van der Waals surface area contributed by atoms with Crippen LogP contribution < -0.4 is 15.5 Å². The summed E-state index contributed by atoms with van der Waals surface area (Å²) in [6.45, 7) is 4.04. The van der Waals surface area contributed by atoms with Crippen LogP contribution in [0.25, 0.3) is 0 Å². The molecule has 1 spiro atoms. The van der Waals surface area contributed by atoms with Crippen LogP contribution >= 0.6 is 0 Å². The van der Waals surface area contributed by atoms with Gasteiger partial charge >= 0.3 is 0 Å². The van der Waals surface area contributed by atoms with Crippen molar-refractivity contribution in [2.45, 2.75) is 50.4 Å². The van der Waals surface area contributed by atoms with E-state index in [0.29, 0.717) is 50.3 Å². The van der Waals surface area contributed by atoms with E-state index in [-0.39, 0.29) is 17.7 Å². The topological polar surface area (TPSA) is 99.6 Å². The number of fused-ring (bicyclic) bond motifs is 3. The lowest BCUT2D eigenvalue weighted by Crippen LogP contribution is -2.46. The molecule has 3 aromatic rings. The predicted molar refractivity (Wildman–Crippen MR) is 148 cm³/mol. The number of benzene rings is 2. The van der Waals surface area contributed by atoms with Crippen LogP contribution in [0, 0.1) is 0 Å². The van der Waals surface area contributed by atoms with Crippen molar-refractivity contribution in [1.29, 1.82) is 0 Å². The molecule has 0 aliphatic carbocycles. The largest absolute Gasteiger partial charge is 0.355 e. The van der Waals surface area contributed by atoms with Crippen molar-refractivity contribution in [3.8, 4) is 0 Å². The van der Waals surface area contributed by atoms with Crippen molar-refractivity contribution in [1.82, 2.24) is 15.3 Å². The SMILES string of the molecule is CC1CCC(C(=O)NCCc2ccccc2)=Nc2c1ncnc2N1CCC2(CC1)C(=O)Nc1ccccc12. The molecule has 2 N–H and O–H groups in total. The maximum atomic E-state index is 13.1. The Labute approximate surface area is 222 Å². The molecule has 3 aliphatic rings. The maximum absolute atomic E-state index is 13.1. The van der Waals surface area contributed by atoms with Crippen LogP contribution in [0.15, 0.2) is 65.9 Å². The number of para-hydroxylation sites is 1. The summed E-state index contributed by atoms with van der Waals surface area (Å²) in [7, 11) is 0. The predicted octanol–water partition coefficient (Wildman–Crippen LogP) is 4.30. The Bertz CT molecular complexity index is 1390. The van der Waals surface area contributed by atoms with E-state index in [0.717, 1.165) is 35.6 Å². The number of anilines is 2. The number of aliphatic imine (C=N–C) groups is 1. The number of nitrogens with zero attached hydrogens (tertiary/aromatic N) is 4. The van der Waals surface area contributed by atoms with Gasteiger partial charge in [0, 0.05) is 31.2 Å². The molecule has 0 radical (unpaired) electrons. The summed E-state index contributed by atoms with van der Waals surface area (Å²) in [5, 5.41) is 6.12. The molecule has 1 atom stereocenters. The molecule has 1 unspecified atom stereocenters. The van der Waals surface area contributed by atoms with Gasteiger partial charge in [0.15, 0.2) is 5.82 Å². The van der Waals surface area contributed by atoms with Crippen LogP contribution in [0.2, 0.25) is 0 Å². The molecular weight excluding hydrogens is 476 g/mol. The summed E-state index contributed by atoms with van der Waals surface area (Å²) in [5.41, 5.74) is 4.79. The third kappa shape index (κ3) is 4.34. The summed E-state index contributed by atoms with van der Waals surface area (Å²) < 4.78 is 0. The van der Waals surface area contributed by atoms with Gasteiger partial charge in [0.25, 0.3) is 5.91 Å². The first-order valence-corrected chi connectivity index (χ1v) is 13.5. The van der Waals surface area contributed by atoms with Gasteiger partial charge in [-0.3, -0.25) is 9.59 Å². The Kier molecular flexibility index (Phi) is 6.39. The Balaban J connectivity index is 1.22. The van der Waals surface area contributed by atoms with Crippen LogP contribution in [0.1, 0.15) is 55.3 Å². The summed E-state index contributed by atoms with van der Waals surface area (Å²) >= 11 is 0. The zero-order chi connectivity index (χ0) is 26.1. The fourth-order valence-corrected chi connectivity index (χ4v) is 5.96. The Morgan fingerprint density at radius 1 is 1.08 bits per heavy atom. The minimum absolute atomic E-state index is 0.0842. The summed E-state index contributed by atoms with van der Waals surface area (Å²) in [4.78, 5) is 42.5. The quantitative estimate of drug-likeness (QED) is 0.536. The number of rotatable bonds is 5. The number of carbonyl (C=O) groups excluding carboxylic acids is 2. The van der Waals surface area contributed by atoms with Gasteiger partial charge in [0.2, 0.25) is 5.91 Å². The summed E-state index contributed by atoms with van der Waals surface area (Å²) in [6, 6.07) is 18.1. The number of aromatic nitrogens is 2. The first-order valence-electron chi connectivity index (χ1n) is 13.5. The standard InChI is InChI=1S/C30H32N6O2/c1-20-11-12-24(28(37)31-16-13-21-7-3-2-4-8-21)34-26-25(20)32-19-33-27(26)36-17-14-30(15-18-36)22-9-5-6-10-23(22)35-29(30)38/h2-10,19-20H,11-18H2,1H3,(H,31,37)(H,35,38). The van der Waals surface area contributed by atoms with Crippen LogP contribution in [-0.2, 0) is 21.4 Å². The van der Waals surface area contributed by atoms with Gasteiger partial charge in [-0.05, 0) is 49.3 Å². The molecule has 0 saturated carbocycles. The second-order valence-electron chi connectivity index (χ2n) is 10.5. The van der Waals surface area contributed by atoms with E-state index in [1.165, 1.54) is 5.56 Å². The summed E-state index contributed by atoms with van der Waals surface area (Å²) in [6.07, 6.45) is 5.16. The second kappa shape index (κ2) is 10.0. The molecule has 2 amide bonds. The van der Waals surface area contributed by atoms with E-state index >= 15 is 0 Å². The number of hydrogen-bond donors (Lipinski definition) is 2. The van der Waals surface area contributed by atoms with E-state index in [1.807, 2.05) is 36.4 Å². The highest BCUT2D eigenvalue weighted by Crippen LogP contribution is 2.46. The van der Waals surface area contributed by atoms with Crippen molar-refractivity contribution in [3.63, 3.8) is 0 Å². The Morgan fingerprint density at radius 3 is 2.66 bits per heavy atom. The monoisotopic (exact) mass is 508 g/mol. The zero-order valence-corrected chi connectivity index (χ0v) is 21.6. The molecule has 1 aromatic heterocycles. The van der Waals surface area contributed by atoms with Gasteiger partial charge in [-0.25, -0.2) is 15.0 Å². The van der Waals surface area contributed by atoms with Gasteiger partial charge in [-0.1, -0.05) is 55.5 Å². The van der Waals surface area contributed by atoms with E-state index in [4.69, 9.17) is 4.99 Å². The van der Waals surface area contributed by atoms with Crippen LogP contribution in [0.5, 0.6) is 0 Å². The molecular formula is C30H32N6O2. The average Bonchev–Trinajstić information content (AvgIpc) is 3.09. The molecule has 4 heterocycles. The van der Waals surface area contributed by atoms with E-state index in [1.54, 1.807) is 6.33 Å².